The first-order valence-corrected chi connectivity index (χ1v) is 11.9. The van der Waals surface area contributed by atoms with Gasteiger partial charge in [0.2, 0.25) is 5.88 Å². The lowest BCUT2D eigenvalue weighted by atomic mass is 9.87. The van der Waals surface area contributed by atoms with Crippen molar-refractivity contribution in [2.24, 2.45) is 0 Å². The quantitative estimate of drug-likeness (QED) is 0.380. The van der Waals surface area contributed by atoms with Crippen LogP contribution in [0.3, 0.4) is 0 Å². The predicted molar refractivity (Wildman–Crippen MR) is 131 cm³/mol. The Bertz CT molecular complexity index is 1440. The van der Waals surface area contributed by atoms with Crippen molar-refractivity contribution in [1.29, 1.82) is 0 Å². The molecule has 1 amide bonds. The van der Waals surface area contributed by atoms with Crippen molar-refractivity contribution in [2.45, 2.75) is 45.8 Å². The van der Waals surface area contributed by atoms with Crippen molar-refractivity contribution in [2.75, 3.05) is 7.11 Å². The van der Waals surface area contributed by atoms with E-state index in [1.165, 1.54) is 28.3 Å². The average Bonchev–Trinajstić information content (AvgIpc) is 3.19. The number of nitrogens with one attached hydrogen (secondary N) is 1. The van der Waals surface area contributed by atoms with Crippen LogP contribution in [-0.2, 0) is 13.0 Å². The van der Waals surface area contributed by atoms with E-state index in [9.17, 15) is 13.6 Å². The maximum Gasteiger partial charge on any atom is 0.255 e. The zero-order valence-electron chi connectivity index (χ0n) is 20.4. The lowest BCUT2D eigenvalue weighted by molar-refractivity contribution is 0.0933. The largest absolute Gasteiger partial charge is 0.497 e. The molecule has 0 radical (unpaired) electrons. The van der Waals surface area contributed by atoms with Gasteiger partial charge in [0.1, 0.15) is 24.0 Å². The molecule has 2 aromatic heterocycles. The van der Waals surface area contributed by atoms with Crippen LogP contribution >= 0.6 is 0 Å². The van der Waals surface area contributed by atoms with Gasteiger partial charge >= 0.3 is 0 Å². The van der Waals surface area contributed by atoms with Gasteiger partial charge in [0, 0.05) is 6.07 Å². The second-order valence-electron chi connectivity index (χ2n) is 9.10. The molecular formula is C28H27F2N3O3. The Morgan fingerprint density at radius 1 is 1.14 bits per heavy atom. The van der Waals surface area contributed by atoms with E-state index in [0.717, 1.165) is 36.1 Å². The third kappa shape index (κ3) is 4.39. The summed E-state index contributed by atoms with van der Waals surface area (Å²) in [6, 6.07) is 13.1. The molecule has 1 N–H and O–H groups in total. The van der Waals surface area contributed by atoms with Crippen LogP contribution in [0.1, 0.15) is 57.2 Å². The minimum absolute atomic E-state index is 0.143. The van der Waals surface area contributed by atoms with Crippen molar-refractivity contribution in [1.82, 2.24) is 14.9 Å². The maximum atomic E-state index is 14.1. The van der Waals surface area contributed by atoms with Gasteiger partial charge in [0.25, 0.3) is 5.91 Å². The number of fused-ring (bicyclic) bond motifs is 2. The van der Waals surface area contributed by atoms with E-state index in [4.69, 9.17) is 9.47 Å². The molecule has 186 valence electrons. The highest BCUT2D eigenvalue weighted by atomic mass is 19.1. The van der Waals surface area contributed by atoms with Crippen LogP contribution < -0.4 is 14.8 Å². The number of rotatable bonds is 6. The third-order valence-electron chi connectivity index (χ3n) is 6.65. The number of pyridine rings is 1. The van der Waals surface area contributed by atoms with Gasteiger partial charge in [-0.05, 0) is 80.1 Å². The first kappa shape index (κ1) is 23.8. The molecule has 36 heavy (non-hydrogen) atoms. The highest BCUT2D eigenvalue weighted by molar-refractivity contribution is 6.02. The van der Waals surface area contributed by atoms with Gasteiger partial charge in [0.05, 0.1) is 35.5 Å². The van der Waals surface area contributed by atoms with E-state index in [1.54, 1.807) is 20.1 Å². The summed E-state index contributed by atoms with van der Waals surface area (Å²) in [5.74, 6) is -0.548. The monoisotopic (exact) mass is 491 g/mol. The van der Waals surface area contributed by atoms with Gasteiger partial charge in [-0.25, -0.2) is 8.78 Å². The summed E-state index contributed by atoms with van der Waals surface area (Å²) in [5.41, 5.74) is 4.47. The van der Waals surface area contributed by atoms with Gasteiger partial charge in [-0.15, -0.1) is 0 Å². The Morgan fingerprint density at radius 3 is 2.67 bits per heavy atom. The molecule has 0 spiro atoms. The molecule has 1 aliphatic rings. The van der Waals surface area contributed by atoms with Crippen molar-refractivity contribution >= 4 is 11.4 Å². The fourth-order valence-electron chi connectivity index (χ4n) is 4.84. The zero-order valence-corrected chi connectivity index (χ0v) is 20.4. The van der Waals surface area contributed by atoms with Gasteiger partial charge < -0.3 is 14.8 Å². The van der Waals surface area contributed by atoms with Crippen molar-refractivity contribution < 1.29 is 23.0 Å². The molecule has 5 rings (SSSR count). The Balaban J connectivity index is 1.45. The Morgan fingerprint density at radius 2 is 1.92 bits per heavy atom. The topological polar surface area (TPSA) is 64.9 Å². The van der Waals surface area contributed by atoms with Crippen LogP contribution in [0.15, 0.2) is 48.5 Å². The van der Waals surface area contributed by atoms with Crippen LogP contribution in [0, 0.1) is 25.5 Å². The normalized spacial score (nSPS) is 15.0. The Kier molecular flexibility index (Phi) is 6.35. The molecule has 0 saturated heterocycles. The lowest BCUT2D eigenvalue weighted by Gasteiger charge is -2.27. The molecule has 2 aromatic carbocycles. The number of aromatic nitrogens is 2. The Hall–Kier alpha value is -3.94. The van der Waals surface area contributed by atoms with Gasteiger partial charge in [-0.2, -0.15) is 9.61 Å². The number of amides is 1. The molecular weight excluding hydrogens is 464 g/mol. The number of methoxy groups -OCH3 is 1. The number of halogens is 2. The van der Waals surface area contributed by atoms with Crippen LogP contribution in [0.2, 0.25) is 0 Å². The van der Waals surface area contributed by atoms with Crippen molar-refractivity contribution in [3.05, 3.63) is 93.7 Å². The molecule has 8 heteroatoms. The first-order valence-electron chi connectivity index (χ1n) is 11.9. The summed E-state index contributed by atoms with van der Waals surface area (Å²) < 4.78 is 40.9. The lowest BCUT2D eigenvalue weighted by Crippen LogP contribution is -2.31. The maximum absolute atomic E-state index is 14.1. The number of carbonyl (C=O) groups is 1. The number of carbonyl (C=O) groups excluding carboxylic acids is 1. The fraction of sp³-hybridized carbons (Fsp3) is 0.286. The smallest absolute Gasteiger partial charge is 0.255 e. The number of aryl methyl sites for hydroxylation is 3. The number of hydrogen-bond donors (Lipinski definition) is 1. The summed E-state index contributed by atoms with van der Waals surface area (Å²) >= 11 is 0. The van der Waals surface area contributed by atoms with Gasteiger partial charge in [-0.3, -0.25) is 4.79 Å². The third-order valence-corrected chi connectivity index (χ3v) is 6.65. The zero-order chi connectivity index (χ0) is 25.4. The standard InChI is InChI=1S/C28H27F2N3O3/c1-16-12-25-27(28(34)31-24-9-4-6-18-10-11-19(35-3)14-20(18)24)17(2)32-33(25)26(13-16)36-15-21-22(29)7-5-8-23(21)30/h5,7-8,10-14,24H,4,6,9,15H2,1-3H3,(H,31,34). The van der Waals surface area contributed by atoms with Gasteiger partial charge in [0.15, 0.2) is 0 Å². The second kappa shape index (κ2) is 9.60. The molecule has 0 aliphatic heterocycles. The predicted octanol–water partition coefficient (Wildman–Crippen LogP) is 5.62. The number of hydrogen-bond acceptors (Lipinski definition) is 4. The summed E-state index contributed by atoms with van der Waals surface area (Å²) in [7, 11) is 1.63. The summed E-state index contributed by atoms with van der Waals surface area (Å²) in [4.78, 5) is 13.5. The molecule has 4 aromatic rings. The van der Waals surface area contributed by atoms with E-state index in [1.807, 2.05) is 25.1 Å². The number of ether oxygens (including phenoxy) is 2. The van der Waals surface area contributed by atoms with Gasteiger partial charge in [-0.1, -0.05) is 12.1 Å². The van der Waals surface area contributed by atoms with E-state index in [0.29, 0.717) is 22.7 Å². The second-order valence-corrected chi connectivity index (χ2v) is 9.10. The molecule has 1 atom stereocenters. The molecule has 6 nitrogen and oxygen atoms in total. The van der Waals surface area contributed by atoms with E-state index < -0.39 is 11.6 Å². The van der Waals surface area contributed by atoms with Crippen LogP contribution in [0.25, 0.3) is 5.52 Å². The first-order chi connectivity index (χ1) is 17.4. The average molecular weight is 492 g/mol. The van der Waals surface area contributed by atoms with Crippen molar-refractivity contribution in [3.63, 3.8) is 0 Å². The highest BCUT2D eigenvalue weighted by Crippen LogP contribution is 2.33. The molecule has 1 aliphatic carbocycles. The molecule has 1 unspecified atom stereocenters. The summed E-state index contributed by atoms with van der Waals surface area (Å²) in [6.45, 7) is 3.32. The minimum atomic E-state index is -0.681. The minimum Gasteiger partial charge on any atom is -0.497 e. The molecule has 0 bridgehead atoms. The number of benzene rings is 2. The summed E-state index contributed by atoms with van der Waals surface area (Å²) in [6.07, 6.45) is 2.76. The molecule has 0 fully saturated rings. The van der Waals surface area contributed by atoms with Crippen LogP contribution in [0.5, 0.6) is 11.6 Å². The number of nitrogens with zero attached hydrogens (tertiary/aromatic N) is 2. The molecule has 2 heterocycles. The van der Waals surface area contributed by atoms with Crippen LogP contribution in [0.4, 0.5) is 8.78 Å². The van der Waals surface area contributed by atoms with Crippen molar-refractivity contribution in [3.8, 4) is 11.6 Å². The van der Waals surface area contributed by atoms with E-state index in [2.05, 4.69) is 16.5 Å². The SMILES string of the molecule is COc1ccc2c(c1)C(NC(=O)c1c(C)nn3c(OCc4c(F)cccc4F)cc(C)cc13)CCC2. The van der Waals surface area contributed by atoms with Crippen LogP contribution in [-0.4, -0.2) is 22.6 Å². The highest BCUT2D eigenvalue weighted by Gasteiger charge is 2.26. The molecule has 0 saturated carbocycles. The fourth-order valence-corrected chi connectivity index (χ4v) is 4.84. The van der Waals surface area contributed by atoms with E-state index >= 15 is 0 Å². The summed E-state index contributed by atoms with van der Waals surface area (Å²) in [5, 5.41) is 7.71. The van der Waals surface area contributed by atoms with E-state index in [-0.39, 0.29) is 24.1 Å². The Labute approximate surface area is 207 Å².